The van der Waals surface area contributed by atoms with Gasteiger partial charge >= 0.3 is 0 Å². The monoisotopic (exact) mass is 342 g/mol. The Morgan fingerprint density at radius 1 is 1.22 bits per heavy atom. The summed E-state index contributed by atoms with van der Waals surface area (Å²) >= 11 is 0. The SMILES string of the molecule is Cl.O=C(CCNC(=O)c1ccc([N+](=O)[O-])cc1)NCC1CNC1. The second-order valence-corrected chi connectivity index (χ2v) is 5.14. The third-order valence-corrected chi connectivity index (χ3v) is 3.43. The summed E-state index contributed by atoms with van der Waals surface area (Å²) in [6, 6.07) is 5.32. The predicted octanol–water partition coefficient (Wildman–Crippen LogP) is 0.472. The third kappa shape index (κ3) is 5.84. The zero-order valence-corrected chi connectivity index (χ0v) is 13.2. The Morgan fingerprint density at radius 3 is 2.39 bits per heavy atom. The van der Waals surface area contributed by atoms with Crippen molar-refractivity contribution in [2.24, 2.45) is 5.92 Å². The van der Waals surface area contributed by atoms with E-state index in [-0.39, 0.29) is 42.9 Å². The highest BCUT2D eigenvalue weighted by Gasteiger charge is 2.17. The predicted molar refractivity (Wildman–Crippen MR) is 86.7 cm³/mol. The number of carbonyl (C=O) groups is 2. The van der Waals surface area contributed by atoms with Gasteiger partial charge in [-0.25, -0.2) is 0 Å². The lowest BCUT2D eigenvalue weighted by Crippen LogP contribution is -2.48. The van der Waals surface area contributed by atoms with Gasteiger partial charge in [-0.05, 0) is 12.1 Å². The van der Waals surface area contributed by atoms with Crippen LogP contribution in [0.15, 0.2) is 24.3 Å². The minimum absolute atomic E-state index is 0. The summed E-state index contributed by atoms with van der Waals surface area (Å²) in [4.78, 5) is 33.4. The molecule has 1 aromatic rings. The Morgan fingerprint density at radius 2 is 1.87 bits per heavy atom. The molecule has 1 fully saturated rings. The molecule has 0 unspecified atom stereocenters. The molecule has 126 valence electrons. The number of nitrogens with zero attached hydrogens (tertiary/aromatic N) is 1. The van der Waals surface area contributed by atoms with Crippen molar-refractivity contribution in [2.45, 2.75) is 6.42 Å². The molecule has 1 aliphatic heterocycles. The Kier molecular flexibility index (Phi) is 7.43. The van der Waals surface area contributed by atoms with Gasteiger partial charge in [0.15, 0.2) is 0 Å². The summed E-state index contributed by atoms with van der Waals surface area (Å²) in [5.74, 6) is 0.0421. The van der Waals surface area contributed by atoms with Crippen molar-refractivity contribution in [3.05, 3.63) is 39.9 Å². The van der Waals surface area contributed by atoms with E-state index in [1.54, 1.807) is 0 Å². The molecule has 8 nitrogen and oxygen atoms in total. The number of nitro groups is 1. The van der Waals surface area contributed by atoms with E-state index in [1.807, 2.05) is 0 Å². The number of halogens is 1. The first-order chi connectivity index (χ1) is 10.6. The first-order valence-corrected chi connectivity index (χ1v) is 7.06. The summed E-state index contributed by atoms with van der Waals surface area (Å²) < 4.78 is 0. The van der Waals surface area contributed by atoms with Crippen molar-refractivity contribution in [3.8, 4) is 0 Å². The molecule has 0 atom stereocenters. The molecule has 0 spiro atoms. The third-order valence-electron chi connectivity index (χ3n) is 3.43. The Bertz CT molecular complexity index is 560. The van der Waals surface area contributed by atoms with E-state index in [1.165, 1.54) is 24.3 Å². The Labute approximate surface area is 139 Å². The summed E-state index contributed by atoms with van der Waals surface area (Å²) in [5, 5.41) is 19.1. The van der Waals surface area contributed by atoms with Crippen LogP contribution in [0.4, 0.5) is 5.69 Å². The van der Waals surface area contributed by atoms with E-state index in [0.29, 0.717) is 18.0 Å². The molecule has 23 heavy (non-hydrogen) atoms. The maximum absolute atomic E-state index is 11.8. The molecule has 0 aromatic heterocycles. The fraction of sp³-hybridized carbons (Fsp3) is 0.429. The lowest BCUT2D eigenvalue weighted by Gasteiger charge is -2.27. The van der Waals surface area contributed by atoms with Crippen LogP contribution >= 0.6 is 12.4 Å². The highest BCUT2D eigenvalue weighted by atomic mass is 35.5. The number of carbonyl (C=O) groups excluding carboxylic acids is 2. The van der Waals surface area contributed by atoms with Crippen LogP contribution in [-0.2, 0) is 4.79 Å². The number of nitrogens with one attached hydrogen (secondary N) is 3. The van der Waals surface area contributed by atoms with Gasteiger partial charge in [0.05, 0.1) is 4.92 Å². The molecule has 0 bridgehead atoms. The lowest BCUT2D eigenvalue weighted by molar-refractivity contribution is -0.384. The smallest absolute Gasteiger partial charge is 0.269 e. The van der Waals surface area contributed by atoms with Gasteiger partial charge in [0, 0.05) is 56.2 Å². The fourth-order valence-electron chi connectivity index (χ4n) is 1.97. The van der Waals surface area contributed by atoms with E-state index < -0.39 is 4.92 Å². The summed E-state index contributed by atoms with van der Waals surface area (Å²) in [5.41, 5.74) is 0.257. The maximum atomic E-state index is 11.8. The normalized spacial score (nSPS) is 13.4. The molecule has 1 saturated heterocycles. The summed E-state index contributed by atoms with van der Waals surface area (Å²) in [6.07, 6.45) is 0.207. The van der Waals surface area contributed by atoms with Gasteiger partial charge in [-0.1, -0.05) is 0 Å². The second kappa shape index (κ2) is 9.06. The minimum Gasteiger partial charge on any atom is -0.356 e. The molecule has 2 rings (SSSR count). The molecule has 1 aliphatic rings. The number of nitro benzene ring substituents is 1. The van der Waals surface area contributed by atoms with Gasteiger partial charge in [-0.2, -0.15) is 0 Å². The molecule has 9 heteroatoms. The Balaban J connectivity index is 0.00000264. The molecule has 3 N–H and O–H groups in total. The van der Waals surface area contributed by atoms with Crippen LogP contribution in [0.1, 0.15) is 16.8 Å². The van der Waals surface area contributed by atoms with Crippen LogP contribution < -0.4 is 16.0 Å². The lowest BCUT2D eigenvalue weighted by atomic mass is 10.0. The molecule has 0 saturated carbocycles. The van der Waals surface area contributed by atoms with Gasteiger partial charge < -0.3 is 16.0 Å². The van der Waals surface area contributed by atoms with Crippen LogP contribution in [-0.4, -0.2) is 42.9 Å². The fourth-order valence-corrected chi connectivity index (χ4v) is 1.97. The van der Waals surface area contributed by atoms with E-state index >= 15 is 0 Å². The zero-order chi connectivity index (χ0) is 15.9. The average Bonchev–Trinajstić information content (AvgIpc) is 2.45. The van der Waals surface area contributed by atoms with Crippen molar-refractivity contribution in [2.75, 3.05) is 26.2 Å². The van der Waals surface area contributed by atoms with Crippen LogP contribution in [0.25, 0.3) is 0 Å². The number of hydrogen-bond donors (Lipinski definition) is 3. The zero-order valence-electron chi connectivity index (χ0n) is 12.4. The number of non-ortho nitro benzene ring substituents is 1. The van der Waals surface area contributed by atoms with Crippen LogP contribution in [0.5, 0.6) is 0 Å². The van der Waals surface area contributed by atoms with Crippen molar-refractivity contribution in [1.82, 2.24) is 16.0 Å². The molecule has 1 aromatic carbocycles. The van der Waals surface area contributed by atoms with Crippen LogP contribution in [0.3, 0.4) is 0 Å². The molecule has 0 radical (unpaired) electrons. The minimum atomic E-state index is -0.524. The summed E-state index contributed by atoms with van der Waals surface area (Å²) in [6.45, 7) is 2.74. The standard InChI is InChI=1S/C14H18N4O4.ClH/c19-13(17-9-10-7-15-8-10)5-6-16-14(20)11-1-3-12(4-2-11)18(21)22;/h1-4,10,15H,5-9H2,(H,16,20)(H,17,19);1H. The quantitative estimate of drug-likeness (QED) is 0.492. The topological polar surface area (TPSA) is 113 Å². The van der Waals surface area contributed by atoms with Gasteiger partial charge in [-0.15, -0.1) is 12.4 Å². The second-order valence-electron chi connectivity index (χ2n) is 5.14. The first-order valence-electron chi connectivity index (χ1n) is 7.06. The van der Waals surface area contributed by atoms with E-state index in [9.17, 15) is 19.7 Å². The van der Waals surface area contributed by atoms with Crippen molar-refractivity contribution in [1.29, 1.82) is 0 Å². The van der Waals surface area contributed by atoms with Crippen molar-refractivity contribution >= 4 is 29.9 Å². The highest BCUT2D eigenvalue weighted by Crippen LogP contribution is 2.11. The van der Waals surface area contributed by atoms with Gasteiger partial charge in [0.2, 0.25) is 5.91 Å². The highest BCUT2D eigenvalue weighted by molar-refractivity contribution is 5.94. The largest absolute Gasteiger partial charge is 0.356 e. The number of amides is 2. The van der Waals surface area contributed by atoms with Gasteiger partial charge in [0.25, 0.3) is 11.6 Å². The van der Waals surface area contributed by atoms with E-state index in [2.05, 4.69) is 16.0 Å². The molecule has 2 amide bonds. The number of hydrogen-bond acceptors (Lipinski definition) is 5. The molecular formula is C14H19ClN4O4. The molecule has 1 heterocycles. The first kappa shape index (κ1) is 18.9. The number of rotatable bonds is 7. The average molecular weight is 343 g/mol. The van der Waals surface area contributed by atoms with Gasteiger partial charge in [0.1, 0.15) is 0 Å². The Hall–Kier alpha value is -2.19. The van der Waals surface area contributed by atoms with Gasteiger partial charge in [-0.3, -0.25) is 19.7 Å². The van der Waals surface area contributed by atoms with E-state index in [4.69, 9.17) is 0 Å². The van der Waals surface area contributed by atoms with Crippen LogP contribution in [0, 0.1) is 16.0 Å². The van der Waals surface area contributed by atoms with Crippen LogP contribution in [0.2, 0.25) is 0 Å². The van der Waals surface area contributed by atoms with Crippen molar-refractivity contribution < 1.29 is 14.5 Å². The molecule has 0 aliphatic carbocycles. The summed E-state index contributed by atoms with van der Waals surface area (Å²) in [7, 11) is 0. The maximum Gasteiger partial charge on any atom is 0.269 e. The number of benzene rings is 1. The molecular weight excluding hydrogens is 324 g/mol. The van der Waals surface area contributed by atoms with Crippen molar-refractivity contribution in [3.63, 3.8) is 0 Å². The van der Waals surface area contributed by atoms with E-state index in [0.717, 1.165) is 13.1 Å².